The lowest BCUT2D eigenvalue weighted by Gasteiger charge is -2.37. The summed E-state index contributed by atoms with van der Waals surface area (Å²) in [6.07, 6.45) is 0. The van der Waals surface area contributed by atoms with E-state index >= 15 is 0 Å². The molecule has 0 bridgehead atoms. The molecule has 4 N–H and O–H groups in total. The molecule has 0 saturated carbocycles. The molecular weight excluding hydrogens is 312 g/mol. The van der Waals surface area contributed by atoms with Crippen LogP contribution in [0.2, 0.25) is 0 Å². The Hall–Kier alpha value is -1.20. The molecule has 0 aromatic heterocycles. The Kier molecular flexibility index (Phi) is 3.34. The van der Waals surface area contributed by atoms with Crippen LogP contribution in [0.5, 0.6) is 0 Å². The summed E-state index contributed by atoms with van der Waals surface area (Å²) in [7, 11) is -5.43. The van der Waals surface area contributed by atoms with E-state index in [1.54, 1.807) is 6.92 Å². The largest absolute Gasteiger partial charge is 0.399 e. The number of nitrogen functional groups attached to an aromatic ring is 1. The van der Waals surface area contributed by atoms with Gasteiger partial charge in [0.25, 0.3) is 0 Å². The Labute approximate surface area is 131 Å². The van der Waals surface area contributed by atoms with E-state index in [1.165, 1.54) is 32.0 Å². The first-order chi connectivity index (χ1) is 10.7. The topological polar surface area (TPSA) is 98.5 Å². The Bertz CT molecular complexity index is 756. The highest BCUT2D eigenvalue weighted by atomic mass is 32.2. The van der Waals surface area contributed by atoms with Gasteiger partial charge in [0, 0.05) is 11.3 Å². The summed E-state index contributed by atoms with van der Waals surface area (Å²) in [6.45, 7) is 4.54. The molecule has 1 aromatic rings. The number of rotatable bonds is 1. The van der Waals surface area contributed by atoms with Crippen molar-refractivity contribution in [2.75, 3.05) is 11.5 Å². The number of aliphatic imine (C=N–C) groups is 1. The van der Waals surface area contributed by atoms with Crippen LogP contribution < -0.4 is 11.5 Å². The van der Waals surface area contributed by atoms with Crippen LogP contribution in [0.25, 0.3) is 0 Å². The third-order valence-electron chi connectivity index (χ3n) is 3.80. The van der Waals surface area contributed by atoms with Crippen molar-refractivity contribution in [1.82, 2.24) is 0 Å². The first-order valence-electron chi connectivity index (χ1n) is 7.47. The molecule has 2 rings (SSSR count). The third kappa shape index (κ3) is 2.77. The molecule has 21 heavy (non-hydrogen) atoms. The van der Waals surface area contributed by atoms with Gasteiger partial charge in [0.15, 0.2) is 9.84 Å². The molecule has 0 radical (unpaired) electrons. The minimum absolute atomic E-state index is 0.0203. The Morgan fingerprint density at radius 1 is 1.38 bits per heavy atom. The zero-order valence-electron chi connectivity index (χ0n) is 15.1. The fourth-order valence-corrected chi connectivity index (χ4v) is 3.92. The van der Waals surface area contributed by atoms with Crippen LogP contribution >= 0.6 is 9.73 Å². The number of nitrogens with two attached hydrogens (primary N) is 2. The molecule has 1 aliphatic rings. The lowest BCUT2D eigenvalue weighted by atomic mass is 9.93. The third-order valence-corrected chi connectivity index (χ3v) is 6.51. The molecule has 1 aliphatic heterocycles. The predicted octanol–water partition coefficient (Wildman–Crippen LogP) is 1.25. The minimum atomic E-state index is -3.56. The van der Waals surface area contributed by atoms with Crippen LogP contribution in [-0.2, 0) is 15.4 Å². The maximum atomic E-state index is 14.0. The number of hydrogen-bond donors (Lipinski definition) is 2. The lowest BCUT2D eigenvalue weighted by Crippen LogP contribution is -2.54. The van der Waals surface area contributed by atoms with Gasteiger partial charge in [-0.2, -0.15) is 9.73 Å². The van der Waals surface area contributed by atoms with E-state index in [9.17, 15) is 12.8 Å². The Morgan fingerprint density at radius 3 is 2.48 bits per heavy atom. The van der Waals surface area contributed by atoms with Crippen molar-refractivity contribution in [1.29, 1.82) is 3.84 Å². The van der Waals surface area contributed by atoms with Gasteiger partial charge >= 0.3 is 0 Å². The Balaban J connectivity index is 0.000000648. The zero-order valence-corrected chi connectivity index (χ0v) is 13.8. The van der Waals surface area contributed by atoms with E-state index in [0.29, 0.717) is 5.69 Å². The van der Waals surface area contributed by atoms with Crippen LogP contribution in [0.3, 0.4) is 0 Å². The van der Waals surface area contributed by atoms with Crippen LogP contribution in [0.1, 0.15) is 26.3 Å². The number of halogens is 1. The fraction of sp³-hybridized carbons (Fsp3) is 0.462. The van der Waals surface area contributed by atoms with Crippen molar-refractivity contribution in [2.45, 2.75) is 31.1 Å². The maximum Gasteiger partial charge on any atom is 0.165 e. The molecule has 118 valence electrons. The van der Waals surface area contributed by atoms with Gasteiger partial charge in [0.2, 0.25) is 0 Å². The predicted molar refractivity (Wildman–Crippen MR) is 88.8 cm³/mol. The summed E-state index contributed by atoms with van der Waals surface area (Å²) in [5, 5.41) is 0. The monoisotopic (exact) mass is 339 g/mol. The summed E-state index contributed by atoms with van der Waals surface area (Å²) < 4.78 is 55.5. The maximum absolute atomic E-state index is 14.0. The highest BCUT2D eigenvalue weighted by molar-refractivity contribution is 7.93. The molecule has 0 unspecified atom stereocenters. The first kappa shape index (κ1) is 13.5. The number of hydrogen-bond acceptors (Lipinski definition) is 5. The van der Waals surface area contributed by atoms with Crippen molar-refractivity contribution < 1.29 is 12.8 Å². The fourth-order valence-electron chi connectivity index (χ4n) is 2.24. The number of benzene rings is 1. The van der Waals surface area contributed by atoms with Crippen molar-refractivity contribution in [3.8, 4) is 0 Å². The number of anilines is 1. The molecule has 0 amide bonds. The second-order valence-electron chi connectivity index (χ2n) is 5.78. The average molecular weight is 339 g/mol. The minimum Gasteiger partial charge on any atom is -0.399 e. The second kappa shape index (κ2) is 5.21. The molecule has 1 heterocycles. The van der Waals surface area contributed by atoms with Gasteiger partial charge in [0.05, 0.1) is 9.59 Å². The standard InChI is InChI=1S/C13H18FN3O2S.H3P/c1-12(2)11(16)17-13(3,7-20(12,18)19)9-6-8(15)4-5-10(9)14;/h4-6H,7,15H2,1-3H3,(H2,16,17);1H3/t13-;/m0./s1/i;1T3. The smallest absolute Gasteiger partial charge is 0.165 e. The van der Waals surface area contributed by atoms with Crippen LogP contribution in [0.15, 0.2) is 23.2 Å². The highest BCUT2D eigenvalue weighted by Gasteiger charge is 2.49. The van der Waals surface area contributed by atoms with Gasteiger partial charge in [-0.15, -0.1) is 0 Å². The van der Waals surface area contributed by atoms with Gasteiger partial charge < -0.3 is 11.5 Å². The molecule has 1 aromatic carbocycles. The van der Waals surface area contributed by atoms with Crippen LogP contribution in [0, 0.1) is 5.82 Å². The van der Waals surface area contributed by atoms with Gasteiger partial charge in [-0.1, -0.05) is 0 Å². The van der Waals surface area contributed by atoms with Crippen molar-refractivity contribution in [3.05, 3.63) is 29.6 Å². The van der Waals surface area contributed by atoms with Crippen molar-refractivity contribution in [3.63, 3.8) is 0 Å². The summed E-state index contributed by atoms with van der Waals surface area (Å²) in [5.74, 6) is -0.880. The summed E-state index contributed by atoms with van der Waals surface area (Å²) in [6, 6.07) is 4.02. The van der Waals surface area contributed by atoms with E-state index in [0.717, 1.165) is 0 Å². The average Bonchev–Trinajstić information content (AvgIpc) is 2.38. The molecule has 0 aliphatic carbocycles. The molecule has 0 fully saturated rings. The first-order valence-corrected chi connectivity index (χ1v) is 7.78. The summed E-state index contributed by atoms with van der Waals surface area (Å²) in [5.41, 5.74) is 10.7. The van der Waals surface area contributed by atoms with E-state index in [4.69, 9.17) is 15.3 Å². The Morgan fingerprint density at radius 2 is 1.95 bits per heavy atom. The number of sulfone groups is 1. The van der Waals surface area contributed by atoms with Crippen molar-refractivity contribution >= 4 is 31.1 Å². The van der Waals surface area contributed by atoms with E-state index < -0.39 is 35.7 Å². The van der Waals surface area contributed by atoms with Crippen LogP contribution in [0.4, 0.5) is 10.1 Å². The molecule has 1 atom stereocenters. The number of nitrogens with zero attached hydrogens (tertiary/aromatic N) is 1. The zero-order chi connectivity index (χ0) is 18.9. The molecule has 0 spiro atoms. The molecular formula is C13H21FN3O2PS. The number of amidine groups is 1. The van der Waals surface area contributed by atoms with Gasteiger partial charge in [-0.05, 0) is 39.0 Å². The van der Waals surface area contributed by atoms with Crippen molar-refractivity contribution in [2.24, 2.45) is 10.7 Å². The second-order valence-corrected chi connectivity index (χ2v) is 8.32. The normalized spacial score (nSPS) is 28.4. The molecule has 5 nitrogen and oxygen atoms in total. The van der Waals surface area contributed by atoms with E-state index in [2.05, 4.69) is 4.99 Å². The van der Waals surface area contributed by atoms with Gasteiger partial charge in [-0.3, -0.25) is 4.99 Å². The SMILES string of the molecule is CC1(C)C(N)=N[C@](C)(c2cc(N)ccc2F)CS1(=O)=O.[3H]P([3H])[3H]. The van der Waals surface area contributed by atoms with Gasteiger partial charge in [0.1, 0.15) is 21.9 Å². The van der Waals surface area contributed by atoms with E-state index in [-0.39, 0.29) is 17.2 Å². The lowest BCUT2D eigenvalue weighted by molar-refractivity contribution is 0.476. The molecule has 0 saturated heterocycles. The molecule has 8 heteroatoms. The van der Waals surface area contributed by atoms with Crippen LogP contribution in [-0.4, -0.2) is 28.6 Å². The van der Waals surface area contributed by atoms with Gasteiger partial charge in [-0.25, -0.2) is 12.8 Å². The summed E-state index contributed by atoms with van der Waals surface area (Å²) in [4.78, 5) is 4.25. The quantitative estimate of drug-likeness (QED) is 0.594. The summed E-state index contributed by atoms with van der Waals surface area (Å²) >= 11 is 0. The highest BCUT2D eigenvalue weighted by Crippen LogP contribution is 2.38. The van der Waals surface area contributed by atoms with E-state index in [1.807, 2.05) is 0 Å².